The van der Waals surface area contributed by atoms with Crippen molar-refractivity contribution >= 4 is 103 Å². The summed E-state index contributed by atoms with van der Waals surface area (Å²) >= 11 is 3.54. The van der Waals surface area contributed by atoms with Gasteiger partial charge in [-0.15, -0.1) is 0 Å². The predicted octanol–water partition coefficient (Wildman–Crippen LogP) is 25.8. The molecule has 4 heterocycles. The van der Waals surface area contributed by atoms with Crippen molar-refractivity contribution in [1.82, 2.24) is 18.7 Å². The molecule has 7 heteroatoms. The molecule has 0 spiro atoms. The van der Waals surface area contributed by atoms with E-state index in [1.807, 2.05) is 0 Å². The van der Waals surface area contributed by atoms with Gasteiger partial charge in [0.25, 0.3) is 0 Å². The predicted molar refractivity (Wildman–Crippen MR) is 395 cm³/mol. The van der Waals surface area contributed by atoms with Crippen LogP contribution in [0.25, 0.3) is 121 Å². The Bertz CT molecular complexity index is 4560. The molecule has 4 fully saturated rings. The average molecular weight is 1620 g/mol. The van der Waals surface area contributed by atoms with E-state index in [1.165, 1.54) is 236 Å². The number of aromatic amines is 1. The van der Waals surface area contributed by atoms with Gasteiger partial charge in [0.2, 0.25) is 0 Å². The summed E-state index contributed by atoms with van der Waals surface area (Å²) < 4.78 is 7.36. The minimum absolute atomic E-state index is 0. The zero-order valence-corrected chi connectivity index (χ0v) is 60.4. The smallest absolute Gasteiger partial charge is 0.358 e. The van der Waals surface area contributed by atoms with Crippen molar-refractivity contribution in [3.05, 3.63) is 260 Å². The molecule has 0 atom stereocenters. The molecule has 18 rings (SSSR count). The van der Waals surface area contributed by atoms with Crippen molar-refractivity contribution in [2.45, 2.75) is 126 Å². The Kier molecular flexibility index (Phi) is 25.1. The van der Waals surface area contributed by atoms with E-state index in [9.17, 15) is 0 Å². The van der Waals surface area contributed by atoms with Crippen LogP contribution in [0.5, 0.6) is 0 Å². The Balaban J connectivity index is 0.000000179. The van der Waals surface area contributed by atoms with Gasteiger partial charge in [-0.25, -0.2) is 0 Å². The number of hydrogen-bond acceptors (Lipinski definition) is 0. The molecule has 4 aliphatic rings. The third kappa shape index (κ3) is 14.7. The third-order valence-electron chi connectivity index (χ3n) is 18.7. The van der Waals surface area contributed by atoms with Crippen molar-refractivity contribution in [3.8, 4) is 33.6 Å². The SMILES string of the molecule is BrC1CCCC1.C1CCCC1.C1CCCC1.[CH3-].[CH3-].[CH3-].[CH3-].[Os+2].[Os+2].c1ccc(-n2c3ccccc3c3cc(-c4ccc5[nH]c6ccccc6c5c4)ccc32)cc1.c1ccc(-n2c3ccccc3c3cc(-c4ccc5c(c4)c4ccccc4n5C4CCCC4)ccc32)cc1. The maximum absolute atomic E-state index is 3.54. The Morgan fingerprint density at radius 2 is 0.582 bits per heavy atom. The molecule has 0 bridgehead atoms. The van der Waals surface area contributed by atoms with Gasteiger partial charge in [-0.1, -0.05) is 239 Å². The monoisotopic (exact) mass is 1620 g/mol. The molecule has 4 aromatic heterocycles. The standard InChI is InChI=1S/C35H28N2.C30H20N2.C5H9Br.2C5H10.4CH3.2Os/c1-2-10-26(11-3-1)36-32-16-8-6-14-28(32)30-22-24(18-20-34(30)36)25-19-21-35-31(23-25)29-15-7-9-17-33(29)37(35)27-12-4-5-13-27;1-2-8-22(9-3-1)32-29-13-7-5-11-24(29)26-19-21(15-17-30(26)32)20-14-16-28-25(18-20)23-10-4-6-12-27(23)31-28;6-5-3-1-2-4-5;2*1-2-4-5-3-1;;;;;;/h1-3,6-11,14-23,27H,4-5,12-13H2;1-19,31H;5H,1-4H2;2*1-5H2;4*1H3;;/q;;;;;4*-1;2*+2. The van der Waals surface area contributed by atoms with Crippen molar-refractivity contribution in [1.29, 1.82) is 0 Å². The van der Waals surface area contributed by atoms with Crippen molar-refractivity contribution in [2.24, 2.45) is 0 Å². The summed E-state index contributed by atoms with van der Waals surface area (Å²) in [7, 11) is 0. The van der Waals surface area contributed by atoms with Gasteiger partial charge in [-0.05, 0) is 145 Å². The van der Waals surface area contributed by atoms with Gasteiger partial charge in [0.15, 0.2) is 0 Å². The van der Waals surface area contributed by atoms with Crippen LogP contribution in [-0.4, -0.2) is 23.5 Å². The second-order valence-electron chi connectivity index (χ2n) is 24.2. The number of fused-ring (bicyclic) bond motifs is 12. The molecular weight excluding hydrogens is 1530 g/mol. The van der Waals surface area contributed by atoms with E-state index in [1.54, 1.807) is 0 Å². The number of aromatic nitrogens is 4. The van der Waals surface area contributed by atoms with Gasteiger partial charge in [-0.3, -0.25) is 0 Å². The second-order valence-corrected chi connectivity index (χ2v) is 25.5. The fraction of sp³-hybridized carbons (Fsp3) is 0.238. The quantitative estimate of drug-likeness (QED) is 0.132. The molecular formula is C84H89BrN4Os2. The minimum atomic E-state index is 0. The van der Waals surface area contributed by atoms with Gasteiger partial charge in [0.1, 0.15) is 0 Å². The van der Waals surface area contributed by atoms with Gasteiger partial charge < -0.3 is 48.4 Å². The molecule has 0 saturated heterocycles. The molecule has 1 N–H and O–H groups in total. The van der Waals surface area contributed by atoms with Crippen LogP contribution in [0.1, 0.15) is 122 Å². The summed E-state index contributed by atoms with van der Waals surface area (Å²) in [6.45, 7) is 0. The largest absolute Gasteiger partial charge is 2.00 e. The molecule has 4 aliphatic carbocycles. The zero-order chi connectivity index (χ0) is 56.9. The number of nitrogens with zero attached hydrogens (tertiary/aromatic N) is 3. The normalized spacial score (nSPS) is 14.3. The Labute approximate surface area is 577 Å². The molecule has 0 aliphatic heterocycles. The summed E-state index contributed by atoms with van der Waals surface area (Å²) in [6.07, 6.45) is 25.9. The fourth-order valence-corrected chi connectivity index (χ4v) is 15.1. The van der Waals surface area contributed by atoms with Crippen LogP contribution in [-0.2, 0) is 39.6 Å². The molecule has 0 amide bonds. The molecule has 0 unspecified atom stereocenters. The van der Waals surface area contributed by atoms with Crippen LogP contribution in [0, 0.1) is 29.7 Å². The topological polar surface area (TPSA) is 30.6 Å². The number of nitrogens with one attached hydrogen (secondary N) is 1. The molecule has 4 saturated carbocycles. The fourth-order valence-electron chi connectivity index (χ4n) is 14.4. The Hall–Kier alpha value is -6.85. The molecule has 0 radical (unpaired) electrons. The molecule has 4 nitrogen and oxygen atoms in total. The average Bonchev–Trinajstić information content (AvgIpc) is 1.87. The van der Waals surface area contributed by atoms with E-state index in [0.717, 1.165) is 4.83 Å². The first-order valence-electron chi connectivity index (χ1n) is 32.0. The van der Waals surface area contributed by atoms with Crippen LogP contribution < -0.4 is 0 Å². The van der Waals surface area contributed by atoms with Crippen molar-refractivity contribution in [2.75, 3.05) is 0 Å². The number of H-pyrrole nitrogens is 1. The maximum atomic E-state index is 3.54. The summed E-state index contributed by atoms with van der Waals surface area (Å²) in [5, 5.41) is 10.4. The Morgan fingerprint density at radius 1 is 0.275 bits per heavy atom. The first-order chi connectivity index (χ1) is 42.1. The molecule has 14 aromatic rings. The number of alkyl halides is 1. The number of para-hydroxylation sites is 6. The van der Waals surface area contributed by atoms with E-state index in [0.29, 0.717) is 6.04 Å². The molecule has 10 aromatic carbocycles. The van der Waals surface area contributed by atoms with E-state index < -0.39 is 0 Å². The van der Waals surface area contributed by atoms with Crippen LogP contribution in [0.15, 0.2) is 231 Å². The zero-order valence-electron chi connectivity index (χ0n) is 53.7. The maximum Gasteiger partial charge on any atom is 2.00 e. The van der Waals surface area contributed by atoms with E-state index in [4.69, 9.17) is 0 Å². The molecule has 468 valence electrons. The minimum Gasteiger partial charge on any atom is -0.358 e. The van der Waals surface area contributed by atoms with E-state index >= 15 is 0 Å². The van der Waals surface area contributed by atoms with Crippen LogP contribution in [0.2, 0.25) is 0 Å². The van der Waals surface area contributed by atoms with Gasteiger partial charge in [0.05, 0.1) is 22.1 Å². The number of rotatable bonds is 5. The van der Waals surface area contributed by atoms with E-state index in [2.05, 4.69) is 265 Å². The van der Waals surface area contributed by atoms with Crippen molar-refractivity contribution in [3.63, 3.8) is 0 Å². The second kappa shape index (κ2) is 32.6. The first kappa shape index (κ1) is 70.0. The number of benzene rings is 10. The van der Waals surface area contributed by atoms with Gasteiger partial charge >= 0.3 is 39.6 Å². The number of halogens is 1. The van der Waals surface area contributed by atoms with Crippen LogP contribution >= 0.6 is 15.9 Å². The van der Waals surface area contributed by atoms with Crippen molar-refractivity contribution < 1.29 is 39.6 Å². The third-order valence-corrected chi connectivity index (χ3v) is 19.6. The van der Waals surface area contributed by atoms with E-state index in [-0.39, 0.29) is 69.3 Å². The van der Waals surface area contributed by atoms with Crippen LogP contribution in [0.3, 0.4) is 0 Å². The summed E-state index contributed by atoms with van der Waals surface area (Å²) in [4.78, 5) is 4.39. The summed E-state index contributed by atoms with van der Waals surface area (Å²) in [6, 6.07) is 84.5. The first-order valence-corrected chi connectivity index (χ1v) is 32.9. The van der Waals surface area contributed by atoms with Gasteiger partial charge in [0, 0.05) is 87.4 Å². The van der Waals surface area contributed by atoms with Gasteiger partial charge in [-0.2, -0.15) is 0 Å². The Morgan fingerprint density at radius 3 is 1.02 bits per heavy atom. The number of hydrogen-bond donors (Lipinski definition) is 1. The summed E-state index contributed by atoms with van der Waals surface area (Å²) in [5.74, 6) is 0. The van der Waals surface area contributed by atoms with Crippen LogP contribution in [0.4, 0.5) is 0 Å². The summed E-state index contributed by atoms with van der Waals surface area (Å²) in [5.41, 5.74) is 17.5. The molecule has 91 heavy (non-hydrogen) atoms.